The molecule has 32 heavy (non-hydrogen) atoms. The van der Waals surface area contributed by atoms with Crippen LogP contribution in [0.25, 0.3) is 11.1 Å². The van der Waals surface area contributed by atoms with E-state index in [0.717, 1.165) is 49.0 Å². The Morgan fingerprint density at radius 3 is 2.06 bits per heavy atom. The highest BCUT2D eigenvalue weighted by molar-refractivity contribution is 5.63. The second kappa shape index (κ2) is 10.5. The van der Waals surface area contributed by atoms with Gasteiger partial charge < -0.3 is 14.3 Å². The summed E-state index contributed by atoms with van der Waals surface area (Å²) in [4.78, 5) is 14.5. The van der Waals surface area contributed by atoms with Gasteiger partial charge in [0.15, 0.2) is 0 Å². The number of hydrogen-bond acceptors (Lipinski definition) is 4. The Labute approximate surface area is 190 Å². The van der Waals surface area contributed by atoms with E-state index in [2.05, 4.69) is 53.4 Å². The summed E-state index contributed by atoms with van der Waals surface area (Å²) in [6, 6.07) is 24.9. The van der Waals surface area contributed by atoms with E-state index in [1.165, 1.54) is 16.7 Å². The maximum absolute atomic E-state index is 12.1. The predicted octanol–water partition coefficient (Wildman–Crippen LogP) is 6.06. The van der Waals surface area contributed by atoms with E-state index in [1.807, 2.05) is 24.3 Å². The van der Waals surface area contributed by atoms with Gasteiger partial charge in [0.1, 0.15) is 17.8 Å². The lowest BCUT2D eigenvalue weighted by atomic mass is 9.97. The molecule has 4 heteroatoms. The van der Waals surface area contributed by atoms with Gasteiger partial charge in [-0.2, -0.15) is 0 Å². The molecule has 0 amide bonds. The minimum absolute atomic E-state index is 0.0487. The highest BCUT2D eigenvalue weighted by Gasteiger charge is 2.33. The van der Waals surface area contributed by atoms with Crippen LogP contribution in [0.15, 0.2) is 72.8 Å². The van der Waals surface area contributed by atoms with Crippen molar-refractivity contribution < 1.29 is 14.3 Å². The van der Waals surface area contributed by atoms with Gasteiger partial charge in [-0.25, -0.2) is 0 Å². The summed E-state index contributed by atoms with van der Waals surface area (Å²) in [5, 5.41) is 0. The van der Waals surface area contributed by atoms with Gasteiger partial charge in [0, 0.05) is 12.6 Å². The molecule has 4 nitrogen and oxygen atoms in total. The van der Waals surface area contributed by atoms with Crippen molar-refractivity contribution in [1.29, 1.82) is 0 Å². The van der Waals surface area contributed by atoms with Crippen molar-refractivity contribution in [3.63, 3.8) is 0 Å². The number of rotatable bonds is 7. The SMILES string of the molecule is COc1cccc(OC)c1C1CCCCC(C=O)N1Cc1ccc(-c2ccccc2)cc1. The number of carbonyl (C=O) groups excluding carboxylic acids is 1. The molecule has 2 atom stereocenters. The molecule has 3 aromatic carbocycles. The Morgan fingerprint density at radius 2 is 1.44 bits per heavy atom. The monoisotopic (exact) mass is 429 g/mol. The maximum atomic E-state index is 12.1. The lowest BCUT2D eigenvalue weighted by Gasteiger charge is -2.35. The molecular weight excluding hydrogens is 398 g/mol. The lowest BCUT2D eigenvalue weighted by Crippen LogP contribution is -2.38. The average Bonchev–Trinajstić information content (AvgIpc) is 3.06. The van der Waals surface area contributed by atoms with Gasteiger partial charge in [-0.15, -0.1) is 0 Å². The maximum Gasteiger partial charge on any atom is 0.137 e. The molecule has 1 heterocycles. The zero-order chi connectivity index (χ0) is 22.3. The quantitative estimate of drug-likeness (QED) is 0.428. The molecule has 0 saturated carbocycles. The summed E-state index contributed by atoms with van der Waals surface area (Å²) in [5.74, 6) is 1.62. The smallest absolute Gasteiger partial charge is 0.137 e. The molecule has 0 bridgehead atoms. The van der Waals surface area contributed by atoms with E-state index in [1.54, 1.807) is 14.2 Å². The summed E-state index contributed by atoms with van der Waals surface area (Å²) in [5.41, 5.74) is 4.63. The van der Waals surface area contributed by atoms with Crippen LogP contribution in [0.4, 0.5) is 0 Å². The largest absolute Gasteiger partial charge is 0.496 e. The topological polar surface area (TPSA) is 38.8 Å². The van der Waals surface area contributed by atoms with Crippen molar-refractivity contribution in [2.24, 2.45) is 0 Å². The van der Waals surface area contributed by atoms with Gasteiger partial charge in [-0.05, 0) is 41.7 Å². The standard InChI is InChI=1S/C28H31NO3/c1-31-26-13-8-14-27(32-2)28(26)25-12-7-6-11-24(20-30)29(25)19-21-15-17-23(18-16-21)22-9-4-3-5-10-22/h3-5,8-10,13-18,20,24-25H,6-7,11-12,19H2,1-2H3. The first kappa shape index (κ1) is 22.1. The number of methoxy groups -OCH3 is 2. The second-order valence-corrected chi connectivity index (χ2v) is 8.32. The molecule has 2 unspecified atom stereocenters. The van der Waals surface area contributed by atoms with Crippen LogP contribution in [0.1, 0.15) is 42.9 Å². The van der Waals surface area contributed by atoms with Crippen LogP contribution in [-0.2, 0) is 11.3 Å². The summed E-state index contributed by atoms with van der Waals surface area (Å²) in [6.07, 6.45) is 5.06. The minimum Gasteiger partial charge on any atom is -0.496 e. The van der Waals surface area contributed by atoms with E-state index in [0.29, 0.717) is 6.54 Å². The Morgan fingerprint density at radius 1 is 0.812 bits per heavy atom. The normalized spacial score (nSPS) is 19.2. The van der Waals surface area contributed by atoms with E-state index >= 15 is 0 Å². The van der Waals surface area contributed by atoms with Crippen LogP contribution < -0.4 is 9.47 Å². The van der Waals surface area contributed by atoms with E-state index in [9.17, 15) is 4.79 Å². The third-order valence-corrected chi connectivity index (χ3v) is 6.44. The van der Waals surface area contributed by atoms with E-state index < -0.39 is 0 Å². The highest BCUT2D eigenvalue weighted by Crippen LogP contribution is 2.43. The van der Waals surface area contributed by atoms with E-state index in [4.69, 9.17) is 9.47 Å². The van der Waals surface area contributed by atoms with Gasteiger partial charge in [-0.3, -0.25) is 4.90 Å². The number of benzene rings is 3. The van der Waals surface area contributed by atoms with Crippen molar-refractivity contribution in [1.82, 2.24) is 4.90 Å². The molecule has 1 aliphatic rings. The second-order valence-electron chi connectivity index (χ2n) is 8.32. The summed E-state index contributed by atoms with van der Waals surface area (Å²) in [7, 11) is 3.39. The average molecular weight is 430 g/mol. The molecular formula is C28H31NO3. The number of nitrogens with zero attached hydrogens (tertiary/aromatic N) is 1. The summed E-state index contributed by atoms with van der Waals surface area (Å²) < 4.78 is 11.4. The van der Waals surface area contributed by atoms with Crippen molar-refractivity contribution in [3.8, 4) is 22.6 Å². The Balaban J connectivity index is 1.68. The predicted molar refractivity (Wildman–Crippen MR) is 128 cm³/mol. The third kappa shape index (κ3) is 4.71. The Kier molecular flexibility index (Phi) is 7.23. The number of likely N-dealkylation sites (tertiary alicyclic amines) is 1. The molecule has 0 N–H and O–H groups in total. The van der Waals surface area contributed by atoms with Gasteiger partial charge in [-0.1, -0.05) is 73.5 Å². The van der Waals surface area contributed by atoms with Gasteiger partial charge in [0.25, 0.3) is 0 Å². The first-order valence-corrected chi connectivity index (χ1v) is 11.3. The van der Waals surface area contributed by atoms with Crippen LogP contribution in [0.3, 0.4) is 0 Å². The molecule has 166 valence electrons. The van der Waals surface area contributed by atoms with Crippen LogP contribution in [0.5, 0.6) is 11.5 Å². The van der Waals surface area contributed by atoms with Crippen molar-refractivity contribution in [2.75, 3.05) is 14.2 Å². The fraction of sp³-hybridized carbons (Fsp3) is 0.321. The van der Waals surface area contributed by atoms with Crippen LogP contribution in [0.2, 0.25) is 0 Å². The van der Waals surface area contributed by atoms with Crippen molar-refractivity contribution in [3.05, 3.63) is 83.9 Å². The fourth-order valence-corrected chi connectivity index (χ4v) is 4.79. The van der Waals surface area contributed by atoms with Gasteiger partial charge in [0.2, 0.25) is 0 Å². The minimum atomic E-state index is -0.133. The van der Waals surface area contributed by atoms with Crippen LogP contribution in [0, 0.1) is 0 Å². The molecule has 1 saturated heterocycles. The molecule has 0 aromatic heterocycles. The first-order chi connectivity index (χ1) is 15.7. The summed E-state index contributed by atoms with van der Waals surface area (Å²) in [6.45, 7) is 0.699. The van der Waals surface area contributed by atoms with Crippen LogP contribution in [-0.4, -0.2) is 31.4 Å². The third-order valence-electron chi connectivity index (χ3n) is 6.44. The van der Waals surface area contributed by atoms with Gasteiger partial charge >= 0.3 is 0 Å². The Bertz CT molecular complexity index is 994. The van der Waals surface area contributed by atoms with Crippen molar-refractivity contribution >= 4 is 6.29 Å². The molecule has 4 rings (SSSR count). The van der Waals surface area contributed by atoms with Crippen molar-refractivity contribution in [2.45, 2.75) is 44.3 Å². The Hall–Kier alpha value is -3.11. The van der Waals surface area contributed by atoms with Gasteiger partial charge in [0.05, 0.1) is 25.8 Å². The number of ether oxygens (including phenoxy) is 2. The summed E-state index contributed by atoms with van der Waals surface area (Å²) >= 11 is 0. The molecule has 0 aliphatic carbocycles. The number of hydrogen-bond donors (Lipinski definition) is 0. The van der Waals surface area contributed by atoms with Crippen LogP contribution >= 0.6 is 0 Å². The van der Waals surface area contributed by atoms with E-state index in [-0.39, 0.29) is 12.1 Å². The zero-order valence-electron chi connectivity index (χ0n) is 18.9. The molecule has 0 spiro atoms. The fourth-order valence-electron chi connectivity index (χ4n) is 4.79. The molecule has 1 aliphatic heterocycles. The highest BCUT2D eigenvalue weighted by atomic mass is 16.5. The molecule has 0 radical (unpaired) electrons. The number of carbonyl (C=O) groups is 1. The zero-order valence-corrected chi connectivity index (χ0v) is 18.9. The number of aldehydes is 1. The first-order valence-electron chi connectivity index (χ1n) is 11.3. The molecule has 1 fully saturated rings. The molecule has 3 aromatic rings. The lowest BCUT2D eigenvalue weighted by molar-refractivity contribution is -0.113.